The molecule has 0 bridgehead atoms. The summed E-state index contributed by atoms with van der Waals surface area (Å²) >= 11 is 0. The monoisotopic (exact) mass is 392 g/mol. The van der Waals surface area contributed by atoms with Gasteiger partial charge in [0, 0.05) is 23.9 Å². The van der Waals surface area contributed by atoms with Gasteiger partial charge in [-0.3, -0.25) is 4.79 Å². The zero-order valence-corrected chi connectivity index (χ0v) is 16.3. The number of likely N-dealkylation sites (tertiary alicyclic amines) is 1. The molecule has 1 N–H and O–H groups in total. The molecule has 0 aliphatic carbocycles. The molecule has 0 saturated carbocycles. The Hall–Kier alpha value is -3.28. The van der Waals surface area contributed by atoms with E-state index in [4.69, 9.17) is 10.1 Å². The van der Waals surface area contributed by atoms with Gasteiger partial charge in [0.05, 0.1) is 23.3 Å². The van der Waals surface area contributed by atoms with Gasteiger partial charge in [-0.05, 0) is 31.5 Å². The van der Waals surface area contributed by atoms with Gasteiger partial charge in [-0.25, -0.2) is 14.2 Å². The molecule has 29 heavy (non-hydrogen) atoms. The first-order valence-electron chi connectivity index (χ1n) is 9.47. The molecule has 2 aromatic carbocycles. The summed E-state index contributed by atoms with van der Waals surface area (Å²) in [5.41, 5.74) is 2.43. The number of carbonyl (C=O) groups is 2. The minimum Gasteiger partial charge on any atom is -0.479 e. The minimum absolute atomic E-state index is 0.0666. The number of benzene rings is 2. The molecule has 5 nitrogen and oxygen atoms in total. The summed E-state index contributed by atoms with van der Waals surface area (Å²) in [4.78, 5) is 30.5. The van der Waals surface area contributed by atoms with E-state index in [1.807, 2.05) is 44.2 Å². The number of carbonyl (C=O) groups excluding carboxylic acids is 1. The van der Waals surface area contributed by atoms with E-state index in [-0.39, 0.29) is 18.9 Å². The highest BCUT2D eigenvalue weighted by molar-refractivity contribution is 6.07. The van der Waals surface area contributed by atoms with Gasteiger partial charge in [-0.1, -0.05) is 42.0 Å². The van der Waals surface area contributed by atoms with Gasteiger partial charge in [-0.15, -0.1) is 0 Å². The Kier molecular flexibility index (Phi) is 4.57. The fraction of sp³-hybridized carbons (Fsp3) is 0.261. The van der Waals surface area contributed by atoms with E-state index in [1.165, 1.54) is 4.90 Å². The molecule has 3 aromatic rings. The number of nitrogens with zero attached hydrogens (tertiary/aromatic N) is 2. The topological polar surface area (TPSA) is 70.5 Å². The van der Waals surface area contributed by atoms with E-state index in [0.29, 0.717) is 22.2 Å². The average molecular weight is 392 g/mol. The van der Waals surface area contributed by atoms with Crippen molar-refractivity contribution in [3.05, 3.63) is 65.2 Å². The first-order valence-corrected chi connectivity index (χ1v) is 9.47. The van der Waals surface area contributed by atoms with Crippen LogP contribution in [0.3, 0.4) is 0 Å². The van der Waals surface area contributed by atoms with Crippen LogP contribution in [0.1, 0.15) is 27.9 Å². The number of carboxylic acid groups (broad SMARTS) is 1. The van der Waals surface area contributed by atoms with Gasteiger partial charge in [0.15, 0.2) is 0 Å². The third-order valence-corrected chi connectivity index (χ3v) is 5.49. The first kappa shape index (κ1) is 19.1. The fourth-order valence-electron chi connectivity index (χ4n) is 3.88. The van der Waals surface area contributed by atoms with Gasteiger partial charge >= 0.3 is 5.97 Å². The highest BCUT2D eigenvalue weighted by Gasteiger charge is 2.47. The predicted octanol–water partition coefficient (Wildman–Crippen LogP) is 4.16. The maximum atomic E-state index is 14.5. The molecule has 1 fully saturated rings. The Balaban J connectivity index is 1.81. The molecular weight excluding hydrogens is 371 g/mol. The quantitative estimate of drug-likeness (QED) is 0.727. The molecule has 1 aliphatic rings. The second-order valence-electron chi connectivity index (χ2n) is 7.64. The lowest BCUT2D eigenvalue weighted by Crippen LogP contribution is -2.39. The summed E-state index contributed by atoms with van der Waals surface area (Å²) in [5, 5.41) is 9.80. The van der Waals surface area contributed by atoms with Crippen molar-refractivity contribution in [2.45, 2.75) is 25.9 Å². The SMILES string of the molecule is Cc1ccc(-c2cc(C(=O)N3CCC(F)(C(=O)O)C3)c3ccccc3n2)c(C)c1. The van der Waals surface area contributed by atoms with E-state index in [0.717, 1.165) is 16.7 Å². The van der Waals surface area contributed by atoms with Crippen LogP contribution < -0.4 is 0 Å². The van der Waals surface area contributed by atoms with E-state index in [9.17, 15) is 14.0 Å². The Labute approximate surface area is 167 Å². The third-order valence-electron chi connectivity index (χ3n) is 5.49. The normalized spacial score (nSPS) is 18.9. The molecule has 148 valence electrons. The number of aliphatic carboxylic acids is 1. The number of para-hydroxylation sites is 1. The van der Waals surface area contributed by atoms with Crippen molar-refractivity contribution in [2.24, 2.45) is 0 Å². The van der Waals surface area contributed by atoms with Crippen LogP contribution in [-0.4, -0.2) is 45.6 Å². The van der Waals surface area contributed by atoms with Gasteiger partial charge in [-0.2, -0.15) is 0 Å². The van der Waals surface area contributed by atoms with Crippen LogP contribution in [0.15, 0.2) is 48.5 Å². The number of halogens is 1. The van der Waals surface area contributed by atoms with Crippen LogP contribution >= 0.6 is 0 Å². The van der Waals surface area contributed by atoms with Crippen molar-refractivity contribution in [3.8, 4) is 11.3 Å². The first-order chi connectivity index (χ1) is 13.8. The van der Waals surface area contributed by atoms with Gasteiger partial charge in [0.1, 0.15) is 0 Å². The van der Waals surface area contributed by atoms with Crippen molar-refractivity contribution in [1.82, 2.24) is 9.88 Å². The molecule has 2 heterocycles. The maximum absolute atomic E-state index is 14.5. The van der Waals surface area contributed by atoms with Crippen molar-refractivity contribution in [1.29, 1.82) is 0 Å². The van der Waals surface area contributed by atoms with Crippen LogP contribution in [0.4, 0.5) is 4.39 Å². The smallest absolute Gasteiger partial charge is 0.343 e. The van der Waals surface area contributed by atoms with Gasteiger partial charge in [0.2, 0.25) is 5.67 Å². The summed E-state index contributed by atoms with van der Waals surface area (Å²) < 4.78 is 14.5. The average Bonchev–Trinajstić information content (AvgIpc) is 3.10. The second-order valence-corrected chi connectivity index (χ2v) is 7.64. The Bertz CT molecular complexity index is 1140. The molecule has 1 aliphatic heterocycles. The lowest BCUT2D eigenvalue weighted by molar-refractivity contribution is -0.149. The second kappa shape index (κ2) is 6.95. The van der Waals surface area contributed by atoms with Crippen LogP contribution in [-0.2, 0) is 4.79 Å². The summed E-state index contributed by atoms with van der Waals surface area (Å²) in [5.74, 6) is -1.90. The third kappa shape index (κ3) is 3.35. The number of hydrogen-bond acceptors (Lipinski definition) is 3. The summed E-state index contributed by atoms with van der Waals surface area (Å²) in [7, 11) is 0. The standard InChI is InChI=1S/C23H21FN2O3/c1-14-7-8-16(15(2)11-14)20-12-18(17-5-3-4-6-19(17)25-20)21(27)26-10-9-23(24,13-26)22(28)29/h3-8,11-12H,9-10,13H2,1-2H3,(H,28,29). The lowest BCUT2D eigenvalue weighted by atomic mass is 9.99. The molecule has 4 rings (SSSR count). The predicted molar refractivity (Wildman–Crippen MR) is 109 cm³/mol. The number of rotatable bonds is 3. The molecule has 0 radical (unpaired) electrons. The molecule has 6 heteroatoms. The summed E-state index contributed by atoms with van der Waals surface area (Å²) in [6.07, 6.45) is -0.207. The number of hydrogen-bond donors (Lipinski definition) is 1. The summed E-state index contributed by atoms with van der Waals surface area (Å²) in [6, 6.07) is 15.0. The van der Waals surface area contributed by atoms with Crippen LogP contribution in [0.5, 0.6) is 0 Å². The lowest BCUT2D eigenvalue weighted by Gasteiger charge is -2.19. The van der Waals surface area contributed by atoms with Crippen molar-refractivity contribution >= 4 is 22.8 Å². The van der Waals surface area contributed by atoms with Crippen molar-refractivity contribution in [3.63, 3.8) is 0 Å². The highest BCUT2D eigenvalue weighted by atomic mass is 19.1. The van der Waals surface area contributed by atoms with E-state index in [1.54, 1.807) is 12.1 Å². The Morgan fingerprint density at radius 3 is 2.59 bits per heavy atom. The summed E-state index contributed by atoms with van der Waals surface area (Å²) in [6.45, 7) is 3.62. The van der Waals surface area contributed by atoms with Crippen LogP contribution in [0, 0.1) is 13.8 Å². The van der Waals surface area contributed by atoms with Crippen LogP contribution in [0.2, 0.25) is 0 Å². The van der Waals surface area contributed by atoms with Gasteiger partial charge < -0.3 is 10.0 Å². The molecule has 1 aromatic heterocycles. The molecule has 0 spiro atoms. The molecular formula is C23H21FN2O3. The van der Waals surface area contributed by atoms with E-state index < -0.39 is 18.2 Å². The van der Waals surface area contributed by atoms with E-state index >= 15 is 0 Å². The highest BCUT2D eigenvalue weighted by Crippen LogP contribution is 2.31. The maximum Gasteiger partial charge on any atom is 0.343 e. The number of aryl methyl sites for hydroxylation is 2. The molecule has 1 unspecified atom stereocenters. The van der Waals surface area contributed by atoms with E-state index in [2.05, 4.69) is 6.07 Å². The number of fused-ring (bicyclic) bond motifs is 1. The number of amides is 1. The Morgan fingerprint density at radius 1 is 1.14 bits per heavy atom. The number of carboxylic acids is 1. The molecule has 1 amide bonds. The fourth-order valence-corrected chi connectivity index (χ4v) is 3.88. The zero-order chi connectivity index (χ0) is 20.8. The van der Waals surface area contributed by atoms with Crippen molar-refractivity contribution in [2.75, 3.05) is 13.1 Å². The zero-order valence-electron chi connectivity index (χ0n) is 16.3. The molecule has 1 atom stereocenters. The number of alkyl halides is 1. The number of aromatic nitrogens is 1. The number of pyridine rings is 1. The largest absolute Gasteiger partial charge is 0.479 e. The molecule has 1 saturated heterocycles. The van der Waals surface area contributed by atoms with Crippen LogP contribution in [0.25, 0.3) is 22.2 Å². The van der Waals surface area contributed by atoms with Gasteiger partial charge in [0.25, 0.3) is 5.91 Å². The Morgan fingerprint density at radius 2 is 1.90 bits per heavy atom. The van der Waals surface area contributed by atoms with Crippen molar-refractivity contribution < 1.29 is 19.1 Å². The minimum atomic E-state index is -2.39.